The van der Waals surface area contributed by atoms with E-state index >= 15 is 0 Å². The second kappa shape index (κ2) is 8.15. The van der Waals surface area contributed by atoms with Crippen molar-refractivity contribution < 1.29 is 4.79 Å². The number of anilines is 3. The molecule has 0 spiro atoms. The molecule has 0 saturated heterocycles. The highest BCUT2D eigenvalue weighted by atomic mass is 16.1. The Hall–Kier alpha value is -3.65. The molecule has 0 bridgehead atoms. The fourth-order valence-corrected chi connectivity index (χ4v) is 2.73. The lowest BCUT2D eigenvalue weighted by Gasteiger charge is -2.14. The number of benzene rings is 2. The van der Waals surface area contributed by atoms with Gasteiger partial charge >= 0.3 is 0 Å². The van der Waals surface area contributed by atoms with E-state index in [1.807, 2.05) is 30.3 Å². The van der Waals surface area contributed by atoms with Crippen molar-refractivity contribution in [2.75, 3.05) is 10.6 Å². The predicted molar refractivity (Wildman–Crippen MR) is 107 cm³/mol. The van der Waals surface area contributed by atoms with Crippen molar-refractivity contribution in [2.45, 2.75) is 19.8 Å². The van der Waals surface area contributed by atoms with Crippen LogP contribution in [0, 0.1) is 11.3 Å². The van der Waals surface area contributed by atoms with Crippen LogP contribution >= 0.6 is 0 Å². The molecule has 0 saturated carbocycles. The van der Waals surface area contributed by atoms with Crippen LogP contribution < -0.4 is 10.6 Å². The average molecular weight is 356 g/mol. The molecule has 2 N–H and O–H groups in total. The highest BCUT2D eigenvalue weighted by molar-refractivity contribution is 6.03. The number of rotatable bonds is 5. The van der Waals surface area contributed by atoms with Gasteiger partial charge in [-0.3, -0.25) is 4.79 Å². The molecule has 1 aromatic heterocycles. The third kappa shape index (κ3) is 4.50. The summed E-state index contributed by atoms with van der Waals surface area (Å²) in [6.45, 7) is 4.29. The average Bonchev–Trinajstić information content (AvgIpc) is 2.69. The Morgan fingerprint density at radius 2 is 1.85 bits per heavy atom. The number of carbonyl (C=O) groups is 1. The van der Waals surface area contributed by atoms with Gasteiger partial charge in [-0.2, -0.15) is 5.26 Å². The maximum atomic E-state index is 12.3. The second-order valence-electron chi connectivity index (χ2n) is 6.45. The molecular weight excluding hydrogens is 336 g/mol. The molecule has 0 aliphatic rings. The summed E-state index contributed by atoms with van der Waals surface area (Å²) in [5, 5.41) is 15.0. The van der Waals surface area contributed by atoms with Crippen LogP contribution in [0.5, 0.6) is 0 Å². The lowest BCUT2D eigenvalue weighted by Crippen LogP contribution is -2.13. The predicted octanol–water partition coefficient (Wildman–Crippen LogP) is 5.07. The van der Waals surface area contributed by atoms with Crippen LogP contribution in [0.25, 0.3) is 0 Å². The van der Waals surface area contributed by atoms with Gasteiger partial charge in [0, 0.05) is 11.4 Å². The van der Waals surface area contributed by atoms with Crippen LogP contribution in [0.15, 0.2) is 66.9 Å². The first kappa shape index (κ1) is 18.2. The van der Waals surface area contributed by atoms with Crippen molar-refractivity contribution in [3.63, 3.8) is 0 Å². The van der Waals surface area contributed by atoms with Gasteiger partial charge in [0.15, 0.2) is 0 Å². The summed E-state index contributed by atoms with van der Waals surface area (Å²) >= 11 is 0. The summed E-state index contributed by atoms with van der Waals surface area (Å²) in [6, 6.07) is 20.4. The number of nitrogens with one attached hydrogen (secondary N) is 2. The van der Waals surface area contributed by atoms with Crippen LogP contribution in [0.1, 0.15) is 41.4 Å². The largest absolute Gasteiger partial charge is 0.354 e. The number of nitriles is 1. The number of hydrogen-bond acceptors (Lipinski definition) is 4. The normalized spacial score (nSPS) is 10.3. The van der Waals surface area contributed by atoms with Crippen LogP contribution in [0.2, 0.25) is 0 Å². The van der Waals surface area contributed by atoms with E-state index in [4.69, 9.17) is 5.26 Å². The van der Waals surface area contributed by atoms with E-state index < -0.39 is 0 Å². The molecule has 134 valence electrons. The van der Waals surface area contributed by atoms with Gasteiger partial charge in [-0.25, -0.2) is 4.98 Å². The van der Waals surface area contributed by atoms with Crippen molar-refractivity contribution in [3.8, 4) is 6.07 Å². The smallest absolute Gasteiger partial charge is 0.274 e. The Balaban J connectivity index is 1.72. The van der Waals surface area contributed by atoms with Gasteiger partial charge in [0.1, 0.15) is 5.69 Å². The molecule has 0 fully saturated rings. The molecule has 5 nitrogen and oxygen atoms in total. The Bertz CT molecular complexity index is 988. The van der Waals surface area contributed by atoms with Crippen molar-refractivity contribution in [2.24, 2.45) is 0 Å². The van der Waals surface area contributed by atoms with Crippen LogP contribution in [0.4, 0.5) is 17.1 Å². The third-order valence-electron chi connectivity index (χ3n) is 4.11. The zero-order valence-corrected chi connectivity index (χ0v) is 15.2. The summed E-state index contributed by atoms with van der Waals surface area (Å²) < 4.78 is 0. The van der Waals surface area contributed by atoms with Crippen molar-refractivity contribution >= 4 is 23.0 Å². The fourth-order valence-electron chi connectivity index (χ4n) is 2.73. The van der Waals surface area contributed by atoms with E-state index in [1.54, 1.807) is 36.5 Å². The minimum absolute atomic E-state index is 0.306. The maximum Gasteiger partial charge on any atom is 0.274 e. The van der Waals surface area contributed by atoms with E-state index in [0.717, 1.165) is 11.4 Å². The van der Waals surface area contributed by atoms with Crippen molar-refractivity contribution in [1.29, 1.82) is 5.26 Å². The standard InChI is InChI=1S/C22H20N4O/c1-15(2)19-8-3-4-9-20(19)25-18-10-11-21(24-14-18)22(27)26-17-7-5-6-16(12-17)13-23/h3-12,14-15,25H,1-2H3,(H,26,27). The van der Waals surface area contributed by atoms with Gasteiger partial charge in [0.2, 0.25) is 0 Å². The van der Waals surface area contributed by atoms with Crippen molar-refractivity contribution in [3.05, 3.63) is 83.7 Å². The van der Waals surface area contributed by atoms with E-state index in [0.29, 0.717) is 22.9 Å². The number of para-hydroxylation sites is 1. The molecule has 27 heavy (non-hydrogen) atoms. The number of aromatic nitrogens is 1. The lowest BCUT2D eigenvalue weighted by atomic mass is 10.0. The molecule has 0 aliphatic heterocycles. The van der Waals surface area contributed by atoms with Gasteiger partial charge < -0.3 is 10.6 Å². The number of pyridine rings is 1. The number of carbonyl (C=O) groups excluding carboxylic acids is 1. The lowest BCUT2D eigenvalue weighted by molar-refractivity contribution is 0.102. The maximum absolute atomic E-state index is 12.3. The molecule has 1 amide bonds. The molecule has 1 heterocycles. The molecule has 3 rings (SSSR count). The second-order valence-corrected chi connectivity index (χ2v) is 6.45. The summed E-state index contributed by atoms with van der Waals surface area (Å²) in [5.74, 6) is 0.0788. The zero-order valence-electron chi connectivity index (χ0n) is 15.2. The minimum Gasteiger partial charge on any atom is -0.354 e. The Morgan fingerprint density at radius 1 is 1.04 bits per heavy atom. The first-order chi connectivity index (χ1) is 13.1. The SMILES string of the molecule is CC(C)c1ccccc1Nc1ccc(C(=O)Nc2cccc(C#N)c2)nc1. The van der Waals surface area contributed by atoms with Crippen molar-refractivity contribution in [1.82, 2.24) is 4.98 Å². The fraction of sp³-hybridized carbons (Fsp3) is 0.136. The number of nitrogens with zero attached hydrogens (tertiary/aromatic N) is 2. The van der Waals surface area contributed by atoms with Crippen LogP contribution in [0.3, 0.4) is 0 Å². The zero-order chi connectivity index (χ0) is 19.2. The molecular formula is C22H20N4O. The van der Waals surface area contributed by atoms with E-state index in [1.165, 1.54) is 5.56 Å². The first-order valence-corrected chi connectivity index (χ1v) is 8.70. The van der Waals surface area contributed by atoms with Gasteiger partial charge in [-0.1, -0.05) is 38.1 Å². The van der Waals surface area contributed by atoms with Gasteiger partial charge in [-0.15, -0.1) is 0 Å². The quantitative estimate of drug-likeness (QED) is 0.669. The summed E-state index contributed by atoms with van der Waals surface area (Å²) in [4.78, 5) is 16.6. The Morgan fingerprint density at radius 3 is 2.56 bits per heavy atom. The summed E-state index contributed by atoms with van der Waals surface area (Å²) in [5.41, 5.74) is 4.42. The highest BCUT2D eigenvalue weighted by Gasteiger charge is 2.10. The van der Waals surface area contributed by atoms with E-state index in [9.17, 15) is 4.79 Å². The van der Waals surface area contributed by atoms with Crippen LogP contribution in [-0.2, 0) is 0 Å². The third-order valence-corrected chi connectivity index (χ3v) is 4.11. The summed E-state index contributed by atoms with van der Waals surface area (Å²) in [7, 11) is 0. The molecule has 2 aromatic carbocycles. The van der Waals surface area contributed by atoms with E-state index in [-0.39, 0.29) is 5.91 Å². The van der Waals surface area contributed by atoms with Gasteiger partial charge in [0.25, 0.3) is 5.91 Å². The molecule has 3 aromatic rings. The van der Waals surface area contributed by atoms with E-state index in [2.05, 4.69) is 35.5 Å². The molecule has 0 atom stereocenters. The Kier molecular flexibility index (Phi) is 5.48. The molecule has 5 heteroatoms. The molecule has 0 radical (unpaired) electrons. The summed E-state index contributed by atoms with van der Waals surface area (Å²) in [6.07, 6.45) is 1.64. The van der Waals surface area contributed by atoms with Crippen LogP contribution in [-0.4, -0.2) is 10.9 Å². The topological polar surface area (TPSA) is 77.8 Å². The molecule has 0 aliphatic carbocycles. The van der Waals surface area contributed by atoms with Gasteiger partial charge in [0.05, 0.1) is 23.5 Å². The highest BCUT2D eigenvalue weighted by Crippen LogP contribution is 2.26. The monoisotopic (exact) mass is 356 g/mol. The molecule has 0 unspecified atom stereocenters. The minimum atomic E-state index is -0.320. The Labute approximate surface area is 158 Å². The van der Waals surface area contributed by atoms with Gasteiger partial charge in [-0.05, 0) is 47.9 Å². The number of hydrogen-bond donors (Lipinski definition) is 2. The first-order valence-electron chi connectivity index (χ1n) is 8.70. The number of amides is 1.